The van der Waals surface area contributed by atoms with Crippen LogP contribution >= 0.6 is 11.8 Å². The van der Waals surface area contributed by atoms with Crippen LogP contribution in [0.25, 0.3) is 0 Å². The zero-order valence-corrected chi connectivity index (χ0v) is 58.1. The van der Waals surface area contributed by atoms with Crippen molar-refractivity contribution in [2.24, 2.45) is 29.0 Å². The lowest BCUT2D eigenvalue weighted by molar-refractivity contribution is -0.149. The number of carboxylic acid groups (broad SMARTS) is 1. The number of nitrogens with two attached hydrogens (primary N) is 3. The molecular formula is C69H132N10O10S. The van der Waals surface area contributed by atoms with Crippen LogP contribution in [0.5, 0.6) is 0 Å². The summed E-state index contributed by atoms with van der Waals surface area (Å²) in [6.07, 6.45) is 41.9. The van der Waals surface area contributed by atoms with Gasteiger partial charge in [-0.2, -0.15) is 11.8 Å². The number of carbonyl (C=O) groups excluding carboxylic acids is 8. The Morgan fingerprint density at radius 3 is 1.29 bits per heavy atom. The molecule has 8 amide bonds. The third-order valence-corrected chi connectivity index (χ3v) is 18.2. The molecular weight excluding hydrogens is 1160 g/mol. The molecule has 1 heterocycles. The molecule has 1 rings (SSSR count). The Kier molecular flexibility index (Phi) is 56.5. The largest absolute Gasteiger partial charge is 0.480 e. The number of likely N-dealkylation sites (N-methyl/N-ethyl adjacent to an activating group) is 1. The van der Waals surface area contributed by atoms with E-state index in [1.807, 2.05) is 0 Å². The second-order valence-electron chi connectivity index (χ2n) is 25.3. The maximum atomic E-state index is 13.9. The fourth-order valence-electron chi connectivity index (χ4n) is 11.1. The quantitative estimate of drug-likeness (QED) is 0.0254. The number of aliphatic carboxylic acids is 1. The van der Waals surface area contributed by atoms with Gasteiger partial charge in [-0.1, -0.05) is 188 Å². The van der Waals surface area contributed by atoms with Crippen LogP contribution < -0.4 is 49.1 Å². The van der Waals surface area contributed by atoms with Gasteiger partial charge in [-0.05, 0) is 109 Å². The minimum absolute atomic E-state index is 0.0582. The molecule has 20 nitrogen and oxygen atoms in total. The van der Waals surface area contributed by atoms with Crippen LogP contribution in [-0.2, 0) is 43.2 Å². The van der Waals surface area contributed by atoms with Crippen LogP contribution in [0.3, 0.4) is 0 Å². The van der Waals surface area contributed by atoms with Gasteiger partial charge >= 0.3 is 5.97 Å². The summed E-state index contributed by atoms with van der Waals surface area (Å²) in [5.74, 6) is -2.51. The summed E-state index contributed by atoms with van der Waals surface area (Å²) in [5.41, 5.74) is 16.6. The average Bonchev–Trinajstić information content (AvgIpc) is 2.28. The molecule has 90 heavy (non-hydrogen) atoms. The number of amides is 8. The van der Waals surface area contributed by atoms with Gasteiger partial charge in [-0.25, -0.2) is 4.79 Å². The molecule has 0 spiro atoms. The van der Waals surface area contributed by atoms with E-state index in [0.29, 0.717) is 122 Å². The molecule has 1 unspecified atom stereocenters. The lowest BCUT2D eigenvalue weighted by atomic mass is 10.0. The molecule has 0 aliphatic carbocycles. The Labute approximate surface area is 549 Å². The molecule has 13 N–H and O–H groups in total. The van der Waals surface area contributed by atoms with Crippen LogP contribution in [0, 0.1) is 11.8 Å². The summed E-state index contributed by atoms with van der Waals surface area (Å²) in [7, 11) is 1.53. The molecule has 0 aromatic heterocycles. The topological polar surface area (TPSA) is 327 Å². The second-order valence-corrected chi connectivity index (χ2v) is 26.4. The Bertz CT molecular complexity index is 1900. The molecule has 0 bridgehead atoms. The smallest absolute Gasteiger partial charge is 0.326 e. The molecule has 1 aliphatic rings. The van der Waals surface area contributed by atoms with Crippen molar-refractivity contribution in [3.05, 3.63) is 0 Å². The van der Waals surface area contributed by atoms with Crippen molar-refractivity contribution in [3.63, 3.8) is 0 Å². The van der Waals surface area contributed by atoms with Crippen molar-refractivity contribution in [2.45, 2.75) is 322 Å². The first kappa shape index (κ1) is 85.5. The normalized spacial score (nSPS) is 14.5. The number of likely N-dealkylation sites (tertiary alicyclic amines) is 1. The maximum absolute atomic E-state index is 13.9. The Morgan fingerprint density at radius 2 is 0.867 bits per heavy atom. The predicted octanol–water partition coefficient (Wildman–Crippen LogP) is 10.5. The summed E-state index contributed by atoms with van der Waals surface area (Å²) in [4.78, 5) is 114. The van der Waals surface area contributed by atoms with Gasteiger partial charge in [0.15, 0.2) is 0 Å². The molecule has 1 fully saturated rings. The minimum Gasteiger partial charge on any atom is -0.480 e. The lowest BCUT2D eigenvalue weighted by Crippen LogP contribution is -2.56. The van der Waals surface area contributed by atoms with E-state index in [9.17, 15) is 43.2 Å². The molecule has 0 aromatic rings. The van der Waals surface area contributed by atoms with E-state index in [1.54, 1.807) is 13.8 Å². The number of unbranched alkanes of at least 4 members (excludes halogenated alkanes) is 28. The second kappa shape index (κ2) is 59.5. The molecule has 21 heteroatoms. The average molecular weight is 1290 g/mol. The van der Waals surface area contributed by atoms with E-state index < -0.39 is 42.0 Å². The first-order valence-corrected chi connectivity index (χ1v) is 37.1. The third kappa shape index (κ3) is 47.4. The van der Waals surface area contributed by atoms with Gasteiger partial charge in [0, 0.05) is 57.1 Å². The Hall–Kier alpha value is -4.50. The zero-order valence-electron chi connectivity index (χ0n) is 57.3. The van der Waals surface area contributed by atoms with Crippen molar-refractivity contribution in [1.82, 2.24) is 36.8 Å². The van der Waals surface area contributed by atoms with Crippen molar-refractivity contribution in [2.75, 3.05) is 51.3 Å². The van der Waals surface area contributed by atoms with Crippen molar-refractivity contribution < 1.29 is 48.3 Å². The lowest BCUT2D eigenvalue weighted by Gasteiger charge is -2.25. The number of thioether (sulfide) groups is 1. The SMILES string of the molecule is CCCCCCCCCCCCCCCC(=O)NCCCC[C@H](NC(=O)CCCCCCCCCCCCCCC)C(=O)N[C@H](CCCCN)C(=O)N[C@@H](CCCCN)C(=O)NC.C[C@H](CCCCNC(=O)CSC[C@H](C)C(=O)N1CCCC1C(=O)O)C(N)=O. The predicted molar refractivity (Wildman–Crippen MR) is 367 cm³/mol. The Morgan fingerprint density at radius 1 is 0.478 bits per heavy atom. The zero-order chi connectivity index (χ0) is 66.8. The van der Waals surface area contributed by atoms with E-state index in [-0.39, 0.29) is 53.0 Å². The molecule has 524 valence electrons. The summed E-state index contributed by atoms with van der Waals surface area (Å²) in [6.45, 7) is 10.6. The summed E-state index contributed by atoms with van der Waals surface area (Å²) >= 11 is 1.37. The van der Waals surface area contributed by atoms with Crippen LogP contribution in [0.2, 0.25) is 0 Å². The van der Waals surface area contributed by atoms with E-state index in [2.05, 4.69) is 45.7 Å². The number of hydrogen-bond acceptors (Lipinski definition) is 12. The summed E-state index contributed by atoms with van der Waals surface area (Å²) in [5, 5.41) is 26.4. The van der Waals surface area contributed by atoms with Crippen molar-refractivity contribution >= 4 is 65.0 Å². The molecule has 1 aliphatic heterocycles. The number of hydrogen-bond donors (Lipinski definition) is 10. The molecule has 0 aromatic carbocycles. The number of primary amides is 1. The highest BCUT2D eigenvalue weighted by atomic mass is 32.2. The number of nitrogens with one attached hydrogen (secondary N) is 6. The highest BCUT2D eigenvalue weighted by Gasteiger charge is 2.36. The number of nitrogens with zero attached hydrogens (tertiary/aromatic N) is 1. The molecule has 6 atom stereocenters. The van der Waals surface area contributed by atoms with Crippen LogP contribution in [-0.4, -0.2) is 139 Å². The summed E-state index contributed by atoms with van der Waals surface area (Å²) < 4.78 is 0. The van der Waals surface area contributed by atoms with Crippen LogP contribution in [0.1, 0.15) is 297 Å². The van der Waals surface area contributed by atoms with Crippen LogP contribution in [0.15, 0.2) is 0 Å². The van der Waals surface area contributed by atoms with E-state index >= 15 is 0 Å². The van der Waals surface area contributed by atoms with Crippen molar-refractivity contribution in [1.29, 1.82) is 0 Å². The van der Waals surface area contributed by atoms with Gasteiger partial charge in [0.2, 0.25) is 47.3 Å². The Balaban J connectivity index is 0.00000243. The minimum atomic E-state index is -0.953. The standard InChI is InChI=1S/C51H101N7O5.C18H31N3O5S/c1-4-6-8-10-12-14-16-18-20-22-24-26-28-39-47(59)55-43-35-32-38-45(56-48(60)40-29-27-25-23-21-19-17-15-13-11-9-7-5-2)50(62)58-46(37-31-34-42-53)51(63)57-44(49(61)54-3)36-30-33-41-52;1-12(16(19)23)6-3-4-8-20-15(22)11-27-10-13(2)17(24)21-9-5-7-14(21)18(25)26/h44-46H,4-43,52-53H2,1-3H3,(H,54,61)(H,55,59)(H,56,60)(H,57,63)(H,58,62);12-14H,3-11H2,1-2H3,(H2,19,23)(H,20,22)(H,25,26)/t44-,45-,46+;12-,13+,14?/m01/s1. The highest BCUT2D eigenvalue weighted by Crippen LogP contribution is 2.22. The van der Waals surface area contributed by atoms with Gasteiger partial charge in [-0.3, -0.25) is 38.4 Å². The summed E-state index contributed by atoms with van der Waals surface area (Å²) in [6, 6.07) is -3.19. The van der Waals surface area contributed by atoms with Gasteiger partial charge in [-0.15, -0.1) is 0 Å². The first-order valence-electron chi connectivity index (χ1n) is 35.9. The van der Waals surface area contributed by atoms with Gasteiger partial charge in [0.1, 0.15) is 24.2 Å². The number of carbonyl (C=O) groups is 9. The molecule has 1 saturated heterocycles. The number of rotatable bonds is 59. The fraction of sp³-hybridized carbons (Fsp3) is 0.870. The molecule has 0 radical (unpaired) electrons. The van der Waals surface area contributed by atoms with E-state index in [1.165, 1.54) is 159 Å². The first-order chi connectivity index (χ1) is 43.5. The highest BCUT2D eigenvalue weighted by molar-refractivity contribution is 7.99. The van der Waals surface area contributed by atoms with Gasteiger partial charge in [0.25, 0.3) is 0 Å². The molecule has 0 saturated carbocycles. The fourth-order valence-corrected chi connectivity index (χ4v) is 12.0. The van der Waals surface area contributed by atoms with Gasteiger partial charge in [0.05, 0.1) is 5.75 Å². The van der Waals surface area contributed by atoms with Gasteiger partial charge < -0.3 is 59.1 Å². The monoisotopic (exact) mass is 1290 g/mol. The van der Waals surface area contributed by atoms with E-state index in [0.717, 1.165) is 51.4 Å². The third-order valence-electron chi connectivity index (χ3n) is 17.0. The van der Waals surface area contributed by atoms with Crippen LogP contribution in [0.4, 0.5) is 0 Å². The number of carboxylic acids is 1. The van der Waals surface area contributed by atoms with E-state index in [4.69, 9.17) is 22.3 Å². The van der Waals surface area contributed by atoms with Crippen molar-refractivity contribution in [3.8, 4) is 0 Å². The maximum Gasteiger partial charge on any atom is 0.326 e.